The van der Waals surface area contributed by atoms with Gasteiger partial charge < -0.3 is 9.47 Å². The largest absolute Gasteiger partial charge is 0.465 e. The Bertz CT molecular complexity index is 398. The summed E-state index contributed by atoms with van der Waals surface area (Å²) in [6, 6.07) is 0. The summed E-state index contributed by atoms with van der Waals surface area (Å²) in [5.41, 5.74) is 0. The van der Waals surface area contributed by atoms with Gasteiger partial charge in [-0.15, -0.1) is 0 Å². The molecular formula is C13H16O5. The molecule has 1 heterocycles. The Kier molecular flexibility index (Phi) is 3.79. The average molecular weight is 252 g/mol. The van der Waals surface area contributed by atoms with Crippen LogP contribution in [-0.2, 0) is 23.9 Å². The summed E-state index contributed by atoms with van der Waals surface area (Å²) >= 11 is 0. The zero-order chi connectivity index (χ0) is 13.1. The van der Waals surface area contributed by atoms with Gasteiger partial charge in [0.15, 0.2) is 0 Å². The second-order valence-corrected chi connectivity index (χ2v) is 4.51. The van der Waals surface area contributed by atoms with E-state index >= 15 is 0 Å². The number of ether oxygens (including phenoxy) is 2. The molecule has 0 aromatic rings. The smallest absolute Gasteiger partial charge is 0.331 e. The predicted octanol–water partition coefficient (Wildman–Crippen LogP) is 1.02. The van der Waals surface area contributed by atoms with E-state index in [1.165, 1.54) is 6.08 Å². The number of rotatable bonds is 3. The van der Waals surface area contributed by atoms with Crippen molar-refractivity contribution >= 4 is 17.7 Å². The Morgan fingerprint density at radius 2 is 2.28 bits per heavy atom. The van der Waals surface area contributed by atoms with Crippen molar-refractivity contribution in [1.29, 1.82) is 0 Å². The maximum absolute atomic E-state index is 11.9. The predicted molar refractivity (Wildman–Crippen MR) is 61.5 cm³/mol. The fourth-order valence-corrected chi connectivity index (χ4v) is 2.58. The summed E-state index contributed by atoms with van der Waals surface area (Å²) in [6.07, 6.45) is 4.30. The van der Waals surface area contributed by atoms with Crippen LogP contribution in [0.1, 0.15) is 26.2 Å². The molecule has 2 aliphatic rings. The van der Waals surface area contributed by atoms with Gasteiger partial charge >= 0.3 is 11.9 Å². The van der Waals surface area contributed by atoms with Crippen LogP contribution in [0, 0.1) is 11.8 Å². The van der Waals surface area contributed by atoms with Crippen molar-refractivity contribution in [3.8, 4) is 0 Å². The normalized spacial score (nSPS) is 31.3. The third-order valence-corrected chi connectivity index (χ3v) is 3.37. The monoisotopic (exact) mass is 252 g/mol. The second-order valence-electron chi connectivity index (χ2n) is 4.51. The van der Waals surface area contributed by atoms with E-state index in [1.807, 2.05) is 0 Å². The Morgan fingerprint density at radius 3 is 2.89 bits per heavy atom. The molecule has 1 aliphatic carbocycles. The molecule has 0 N–H and O–H groups in total. The van der Waals surface area contributed by atoms with E-state index in [4.69, 9.17) is 9.47 Å². The second kappa shape index (κ2) is 5.33. The third-order valence-electron chi connectivity index (χ3n) is 3.37. The van der Waals surface area contributed by atoms with E-state index in [1.54, 1.807) is 13.0 Å². The maximum Gasteiger partial charge on any atom is 0.331 e. The van der Waals surface area contributed by atoms with Crippen LogP contribution in [0.2, 0.25) is 0 Å². The number of carbonyl (C=O) groups is 3. The molecule has 1 unspecified atom stereocenters. The zero-order valence-electron chi connectivity index (χ0n) is 10.3. The number of hydrogen-bond donors (Lipinski definition) is 0. The van der Waals surface area contributed by atoms with E-state index in [9.17, 15) is 14.4 Å². The molecule has 0 aromatic heterocycles. The first-order chi connectivity index (χ1) is 8.63. The molecular weight excluding hydrogens is 236 g/mol. The molecule has 0 bridgehead atoms. The van der Waals surface area contributed by atoms with Crippen LogP contribution in [0.15, 0.2) is 12.2 Å². The highest BCUT2D eigenvalue weighted by molar-refractivity contribution is 6.00. The molecule has 5 nitrogen and oxygen atoms in total. The quantitative estimate of drug-likeness (QED) is 0.554. The Balaban J connectivity index is 2.15. The number of hydrogen-bond acceptors (Lipinski definition) is 5. The lowest BCUT2D eigenvalue weighted by molar-refractivity contribution is -0.160. The van der Waals surface area contributed by atoms with Crippen molar-refractivity contribution in [3.05, 3.63) is 12.2 Å². The van der Waals surface area contributed by atoms with Crippen LogP contribution < -0.4 is 0 Å². The molecule has 3 atom stereocenters. The van der Waals surface area contributed by atoms with E-state index < -0.39 is 24.0 Å². The first kappa shape index (κ1) is 12.8. The minimum atomic E-state index is -0.792. The zero-order valence-corrected chi connectivity index (χ0v) is 10.3. The maximum atomic E-state index is 11.9. The number of ketones is 1. The average Bonchev–Trinajstić information content (AvgIpc) is 2.75. The SMILES string of the molecule is CCOC(=O)C1C(=O)CCC[C@@H]1[C@H]1C=CC(=O)O1. The summed E-state index contributed by atoms with van der Waals surface area (Å²) in [6.45, 7) is 1.95. The molecule has 1 saturated carbocycles. The molecule has 5 heteroatoms. The summed E-state index contributed by atoms with van der Waals surface area (Å²) in [4.78, 5) is 34.8. The molecule has 0 aromatic carbocycles. The summed E-state index contributed by atoms with van der Waals surface area (Å²) in [5, 5.41) is 0. The van der Waals surface area contributed by atoms with Gasteiger partial charge in [0.1, 0.15) is 17.8 Å². The van der Waals surface area contributed by atoms with E-state index in [-0.39, 0.29) is 18.3 Å². The first-order valence-electron chi connectivity index (χ1n) is 6.21. The van der Waals surface area contributed by atoms with Crippen molar-refractivity contribution in [2.75, 3.05) is 6.61 Å². The van der Waals surface area contributed by atoms with Crippen molar-refractivity contribution in [1.82, 2.24) is 0 Å². The fourth-order valence-electron chi connectivity index (χ4n) is 2.58. The highest BCUT2D eigenvalue weighted by Crippen LogP contribution is 2.34. The van der Waals surface area contributed by atoms with E-state index in [0.29, 0.717) is 12.8 Å². The van der Waals surface area contributed by atoms with Crippen LogP contribution in [0.3, 0.4) is 0 Å². The van der Waals surface area contributed by atoms with Crippen LogP contribution in [0.25, 0.3) is 0 Å². The van der Waals surface area contributed by atoms with Gasteiger partial charge in [0.25, 0.3) is 0 Å². The summed E-state index contributed by atoms with van der Waals surface area (Å²) < 4.78 is 10.0. The van der Waals surface area contributed by atoms with Gasteiger partial charge in [0, 0.05) is 18.4 Å². The third kappa shape index (κ3) is 2.44. The van der Waals surface area contributed by atoms with Crippen LogP contribution >= 0.6 is 0 Å². The number of Topliss-reactive ketones (excluding diaryl/α,β-unsaturated/α-hetero) is 1. The standard InChI is InChI=1S/C13H16O5/c1-2-17-13(16)12-8(4-3-5-9(12)14)10-6-7-11(15)18-10/h6-8,10,12H,2-5H2,1H3/t8-,10-,12?/m1/s1. The first-order valence-corrected chi connectivity index (χ1v) is 6.21. The molecule has 0 amide bonds. The van der Waals surface area contributed by atoms with E-state index in [2.05, 4.69) is 0 Å². The molecule has 98 valence electrons. The Hall–Kier alpha value is -1.65. The molecule has 0 radical (unpaired) electrons. The van der Waals surface area contributed by atoms with Crippen molar-refractivity contribution < 1.29 is 23.9 Å². The van der Waals surface area contributed by atoms with Gasteiger partial charge in [-0.05, 0) is 25.8 Å². The lowest BCUT2D eigenvalue weighted by atomic mass is 9.75. The molecule has 0 spiro atoms. The van der Waals surface area contributed by atoms with Crippen LogP contribution in [-0.4, -0.2) is 30.4 Å². The van der Waals surface area contributed by atoms with Crippen LogP contribution in [0.5, 0.6) is 0 Å². The molecule has 18 heavy (non-hydrogen) atoms. The lowest BCUT2D eigenvalue weighted by Gasteiger charge is -2.31. The Morgan fingerprint density at radius 1 is 1.50 bits per heavy atom. The lowest BCUT2D eigenvalue weighted by Crippen LogP contribution is -2.41. The number of esters is 2. The minimum Gasteiger partial charge on any atom is -0.465 e. The van der Waals surface area contributed by atoms with Gasteiger partial charge in [0.05, 0.1) is 6.61 Å². The molecule has 2 rings (SSSR count). The molecule has 1 aliphatic heterocycles. The highest BCUT2D eigenvalue weighted by atomic mass is 16.5. The van der Waals surface area contributed by atoms with Crippen molar-refractivity contribution in [3.63, 3.8) is 0 Å². The number of cyclic esters (lactones) is 1. The number of carbonyl (C=O) groups excluding carboxylic acids is 3. The summed E-state index contributed by atoms with van der Waals surface area (Å²) in [7, 11) is 0. The van der Waals surface area contributed by atoms with Gasteiger partial charge in [0.2, 0.25) is 0 Å². The van der Waals surface area contributed by atoms with Gasteiger partial charge in [-0.2, -0.15) is 0 Å². The van der Waals surface area contributed by atoms with Crippen molar-refractivity contribution in [2.24, 2.45) is 11.8 Å². The van der Waals surface area contributed by atoms with Crippen molar-refractivity contribution in [2.45, 2.75) is 32.3 Å². The fraction of sp³-hybridized carbons (Fsp3) is 0.615. The highest BCUT2D eigenvalue weighted by Gasteiger charge is 2.43. The van der Waals surface area contributed by atoms with Gasteiger partial charge in [-0.3, -0.25) is 9.59 Å². The summed E-state index contributed by atoms with van der Waals surface area (Å²) in [5.74, 6) is -2.10. The van der Waals surface area contributed by atoms with E-state index in [0.717, 1.165) is 6.42 Å². The van der Waals surface area contributed by atoms with Gasteiger partial charge in [-0.25, -0.2) is 4.79 Å². The van der Waals surface area contributed by atoms with Crippen LogP contribution in [0.4, 0.5) is 0 Å². The Labute approximate surface area is 105 Å². The molecule has 0 saturated heterocycles. The topological polar surface area (TPSA) is 69.7 Å². The molecule has 1 fully saturated rings. The minimum absolute atomic E-state index is 0.110. The van der Waals surface area contributed by atoms with Gasteiger partial charge in [-0.1, -0.05) is 0 Å².